The van der Waals surface area contributed by atoms with E-state index in [2.05, 4.69) is 19.1 Å². The topological polar surface area (TPSA) is 46.5 Å². The molecule has 126 valence electrons. The summed E-state index contributed by atoms with van der Waals surface area (Å²) in [5.74, 6) is -0.0798. The number of allylic oxidation sites excluding steroid dienone is 2. The molecule has 0 fully saturated rings. The van der Waals surface area contributed by atoms with Gasteiger partial charge < -0.3 is 9.84 Å². The predicted molar refractivity (Wildman–Crippen MR) is 96.5 cm³/mol. The molecule has 0 aliphatic rings. The minimum Gasteiger partial charge on any atom is -0.489 e. The average molecular weight is 324 g/mol. The fraction of sp³-hybridized carbons (Fsp3) is 0.286. The Balaban J connectivity index is 2.14. The van der Waals surface area contributed by atoms with Crippen LogP contribution in [0.25, 0.3) is 0 Å². The van der Waals surface area contributed by atoms with E-state index < -0.39 is 5.97 Å². The molecule has 2 aromatic rings. The van der Waals surface area contributed by atoms with Crippen molar-refractivity contribution in [2.24, 2.45) is 0 Å². The number of carboxylic acid groups (broad SMARTS) is 1. The lowest BCUT2D eigenvalue weighted by molar-refractivity contribution is -0.137. The second-order valence-corrected chi connectivity index (χ2v) is 5.97. The van der Waals surface area contributed by atoms with Gasteiger partial charge in [-0.15, -0.1) is 0 Å². The van der Waals surface area contributed by atoms with Gasteiger partial charge in [0.05, 0.1) is 6.42 Å². The Morgan fingerprint density at radius 1 is 1.17 bits per heavy atom. The fourth-order valence-corrected chi connectivity index (χ4v) is 2.71. The lowest BCUT2D eigenvalue weighted by atomic mass is 9.94. The predicted octanol–water partition coefficient (Wildman–Crippen LogP) is 5.02. The van der Waals surface area contributed by atoms with E-state index in [1.807, 2.05) is 56.3 Å². The van der Waals surface area contributed by atoms with Gasteiger partial charge in [-0.1, -0.05) is 48.6 Å². The Bertz CT molecular complexity index is 732. The molecule has 3 nitrogen and oxygen atoms in total. The standard InChI is InChI=1S/C21H24O3/c1-4-7-17(13-21(22)23)18-10-11-20(16(3)12-18)24-14-19-9-6-5-8-15(19)2/h4-12,17H,13-14H2,1-3H3,(H,22,23). The maximum atomic E-state index is 11.0. The fourth-order valence-electron chi connectivity index (χ4n) is 2.71. The highest BCUT2D eigenvalue weighted by Crippen LogP contribution is 2.27. The van der Waals surface area contributed by atoms with Crippen LogP contribution in [0.5, 0.6) is 5.75 Å². The van der Waals surface area contributed by atoms with Crippen LogP contribution < -0.4 is 4.74 Å². The third kappa shape index (κ3) is 4.72. The number of aryl methyl sites for hydroxylation is 2. The van der Waals surface area contributed by atoms with Gasteiger partial charge >= 0.3 is 5.97 Å². The molecule has 0 bridgehead atoms. The van der Waals surface area contributed by atoms with Gasteiger partial charge in [-0.25, -0.2) is 0 Å². The molecule has 0 spiro atoms. The molecule has 1 atom stereocenters. The molecule has 1 N–H and O–H groups in total. The molecule has 1 unspecified atom stereocenters. The van der Waals surface area contributed by atoms with E-state index in [0.29, 0.717) is 6.61 Å². The van der Waals surface area contributed by atoms with E-state index in [0.717, 1.165) is 16.9 Å². The zero-order chi connectivity index (χ0) is 17.5. The van der Waals surface area contributed by atoms with Crippen LogP contribution in [-0.2, 0) is 11.4 Å². The van der Waals surface area contributed by atoms with Crippen molar-refractivity contribution in [1.29, 1.82) is 0 Å². The molecule has 0 amide bonds. The van der Waals surface area contributed by atoms with Gasteiger partial charge in [0.25, 0.3) is 0 Å². The number of benzene rings is 2. The SMILES string of the molecule is CC=CC(CC(=O)O)c1ccc(OCc2ccccc2C)c(C)c1. The Kier molecular flexibility index (Phi) is 6.19. The molecule has 0 saturated carbocycles. The third-order valence-electron chi connectivity index (χ3n) is 4.09. The first-order valence-electron chi connectivity index (χ1n) is 8.13. The van der Waals surface area contributed by atoms with Gasteiger partial charge in [-0.2, -0.15) is 0 Å². The largest absolute Gasteiger partial charge is 0.489 e. The second-order valence-electron chi connectivity index (χ2n) is 5.97. The highest BCUT2D eigenvalue weighted by molar-refractivity contribution is 5.68. The summed E-state index contributed by atoms with van der Waals surface area (Å²) < 4.78 is 5.95. The molecular weight excluding hydrogens is 300 g/mol. The lowest BCUT2D eigenvalue weighted by Crippen LogP contribution is -2.05. The van der Waals surface area contributed by atoms with Crippen molar-refractivity contribution >= 4 is 5.97 Å². The van der Waals surface area contributed by atoms with Crippen LogP contribution in [0.1, 0.15) is 41.5 Å². The molecule has 2 aromatic carbocycles. The van der Waals surface area contributed by atoms with Crippen LogP contribution in [0, 0.1) is 13.8 Å². The summed E-state index contributed by atoms with van der Waals surface area (Å²) >= 11 is 0. The number of hydrogen-bond acceptors (Lipinski definition) is 2. The van der Waals surface area contributed by atoms with Crippen LogP contribution in [-0.4, -0.2) is 11.1 Å². The monoisotopic (exact) mass is 324 g/mol. The van der Waals surface area contributed by atoms with Crippen molar-refractivity contribution in [2.75, 3.05) is 0 Å². The second kappa shape index (κ2) is 8.34. The first-order chi connectivity index (χ1) is 11.5. The average Bonchev–Trinajstić information content (AvgIpc) is 2.54. The van der Waals surface area contributed by atoms with E-state index in [-0.39, 0.29) is 12.3 Å². The van der Waals surface area contributed by atoms with Crippen molar-refractivity contribution in [2.45, 2.75) is 39.7 Å². The minimum atomic E-state index is -0.796. The molecule has 0 radical (unpaired) electrons. The van der Waals surface area contributed by atoms with Crippen molar-refractivity contribution < 1.29 is 14.6 Å². The summed E-state index contributed by atoms with van der Waals surface area (Å²) in [5, 5.41) is 9.07. The summed E-state index contributed by atoms with van der Waals surface area (Å²) in [6.07, 6.45) is 3.91. The Hall–Kier alpha value is -2.55. The van der Waals surface area contributed by atoms with Crippen LogP contribution in [0.3, 0.4) is 0 Å². The van der Waals surface area contributed by atoms with Gasteiger partial charge in [-0.05, 0) is 49.1 Å². The third-order valence-corrected chi connectivity index (χ3v) is 4.09. The molecule has 0 aliphatic carbocycles. The molecule has 0 aliphatic heterocycles. The van der Waals surface area contributed by atoms with E-state index in [4.69, 9.17) is 9.84 Å². The number of rotatable bonds is 7. The number of aliphatic carboxylic acids is 1. The van der Waals surface area contributed by atoms with Crippen LogP contribution in [0.15, 0.2) is 54.6 Å². The van der Waals surface area contributed by atoms with Crippen molar-refractivity contribution in [3.8, 4) is 5.75 Å². The molecule has 0 saturated heterocycles. The van der Waals surface area contributed by atoms with Crippen LogP contribution in [0.2, 0.25) is 0 Å². The van der Waals surface area contributed by atoms with E-state index in [9.17, 15) is 4.79 Å². The Labute approximate surface area is 143 Å². The first kappa shape index (κ1) is 17.8. The molecule has 0 heterocycles. The van der Waals surface area contributed by atoms with Crippen molar-refractivity contribution in [3.05, 3.63) is 76.9 Å². The number of carbonyl (C=O) groups is 1. The zero-order valence-electron chi connectivity index (χ0n) is 14.5. The highest BCUT2D eigenvalue weighted by atomic mass is 16.5. The quantitative estimate of drug-likeness (QED) is 0.728. The summed E-state index contributed by atoms with van der Waals surface area (Å²) in [4.78, 5) is 11.0. The van der Waals surface area contributed by atoms with Gasteiger partial charge in [0.1, 0.15) is 12.4 Å². The van der Waals surface area contributed by atoms with Crippen molar-refractivity contribution in [3.63, 3.8) is 0 Å². The van der Waals surface area contributed by atoms with Crippen molar-refractivity contribution in [1.82, 2.24) is 0 Å². The van der Waals surface area contributed by atoms with E-state index in [1.54, 1.807) is 0 Å². The Morgan fingerprint density at radius 2 is 1.92 bits per heavy atom. The summed E-state index contributed by atoms with van der Waals surface area (Å²) in [5.41, 5.74) is 4.39. The van der Waals surface area contributed by atoms with Gasteiger partial charge in [0.15, 0.2) is 0 Å². The van der Waals surface area contributed by atoms with Crippen LogP contribution in [0.4, 0.5) is 0 Å². The maximum Gasteiger partial charge on any atom is 0.304 e. The smallest absolute Gasteiger partial charge is 0.304 e. The Morgan fingerprint density at radius 3 is 2.54 bits per heavy atom. The van der Waals surface area contributed by atoms with E-state index in [1.165, 1.54) is 11.1 Å². The minimum absolute atomic E-state index is 0.0905. The molecular formula is C21H24O3. The maximum absolute atomic E-state index is 11.0. The van der Waals surface area contributed by atoms with Crippen LogP contribution >= 0.6 is 0 Å². The number of hydrogen-bond donors (Lipinski definition) is 1. The van der Waals surface area contributed by atoms with Gasteiger partial charge in [0, 0.05) is 5.92 Å². The first-order valence-corrected chi connectivity index (χ1v) is 8.13. The lowest BCUT2D eigenvalue weighted by Gasteiger charge is -2.15. The van der Waals surface area contributed by atoms with Gasteiger partial charge in [0.2, 0.25) is 0 Å². The number of ether oxygens (including phenoxy) is 1. The summed E-state index contributed by atoms with van der Waals surface area (Å²) in [6.45, 7) is 6.49. The molecule has 2 rings (SSSR count). The molecule has 24 heavy (non-hydrogen) atoms. The molecule has 0 aromatic heterocycles. The number of carboxylic acids is 1. The summed E-state index contributed by atoms with van der Waals surface area (Å²) in [6, 6.07) is 14.1. The normalized spacial score (nSPS) is 12.3. The summed E-state index contributed by atoms with van der Waals surface area (Å²) in [7, 11) is 0. The zero-order valence-corrected chi connectivity index (χ0v) is 14.5. The highest BCUT2D eigenvalue weighted by Gasteiger charge is 2.14. The van der Waals surface area contributed by atoms with Gasteiger partial charge in [-0.3, -0.25) is 4.79 Å². The van der Waals surface area contributed by atoms with E-state index >= 15 is 0 Å². The molecule has 3 heteroatoms.